The van der Waals surface area contributed by atoms with Gasteiger partial charge >= 0.3 is 6.09 Å². The molecule has 12 heavy (non-hydrogen) atoms. The highest BCUT2D eigenvalue weighted by Crippen LogP contribution is 2.08. The third-order valence-corrected chi connectivity index (χ3v) is 2.05. The van der Waals surface area contributed by atoms with Crippen LogP contribution in [0.1, 0.15) is 6.42 Å². The van der Waals surface area contributed by atoms with Crippen LogP contribution in [0.4, 0.5) is 9.18 Å². The average molecular weight is 176 g/mol. The summed E-state index contributed by atoms with van der Waals surface area (Å²) in [6.45, 7) is 0.845. The summed E-state index contributed by atoms with van der Waals surface area (Å²) in [4.78, 5) is 11.8. The van der Waals surface area contributed by atoms with Crippen molar-refractivity contribution in [2.75, 3.05) is 26.3 Å². The highest BCUT2D eigenvalue weighted by Gasteiger charge is 2.25. The Morgan fingerprint density at radius 1 is 1.75 bits per heavy atom. The largest absolute Gasteiger partial charge is 0.465 e. The summed E-state index contributed by atoms with van der Waals surface area (Å²) >= 11 is 0. The molecule has 0 aromatic rings. The molecule has 0 bridgehead atoms. The lowest BCUT2D eigenvalue weighted by Gasteiger charge is -2.23. The minimum absolute atomic E-state index is 0.0122. The first-order valence-electron chi connectivity index (χ1n) is 4.02. The maximum Gasteiger partial charge on any atom is 0.407 e. The van der Waals surface area contributed by atoms with E-state index in [2.05, 4.69) is 5.32 Å². The van der Waals surface area contributed by atoms with Crippen LogP contribution in [0, 0.1) is 0 Å². The number of amides is 1. The van der Waals surface area contributed by atoms with E-state index in [0.29, 0.717) is 6.54 Å². The number of alkyl halides is 1. The lowest BCUT2D eigenvalue weighted by molar-refractivity contribution is 0.123. The topological polar surface area (TPSA) is 52.6 Å². The van der Waals surface area contributed by atoms with Gasteiger partial charge < -0.3 is 15.3 Å². The molecule has 1 heterocycles. The van der Waals surface area contributed by atoms with E-state index in [-0.39, 0.29) is 12.6 Å². The van der Waals surface area contributed by atoms with Gasteiger partial charge in [0.15, 0.2) is 0 Å². The van der Waals surface area contributed by atoms with E-state index in [4.69, 9.17) is 5.11 Å². The first kappa shape index (κ1) is 9.25. The standard InChI is InChI=1S/C7H13FN2O2/c8-2-4-10(7(11)12)6-1-3-9-5-6/h6,9H,1-5H2,(H,11,12)/t6-/m0/s1. The lowest BCUT2D eigenvalue weighted by atomic mass is 10.2. The molecule has 4 nitrogen and oxygen atoms in total. The van der Waals surface area contributed by atoms with Crippen LogP contribution in [0.3, 0.4) is 0 Å². The second kappa shape index (κ2) is 4.25. The van der Waals surface area contributed by atoms with Gasteiger partial charge in [0.1, 0.15) is 6.67 Å². The van der Waals surface area contributed by atoms with Gasteiger partial charge in [0, 0.05) is 12.6 Å². The summed E-state index contributed by atoms with van der Waals surface area (Å²) in [7, 11) is 0. The number of halogens is 1. The van der Waals surface area contributed by atoms with Crippen LogP contribution in [-0.2, 0) is 0 Å². The molecule has 1 amide bonds. The molecule has 0 radical (unpaired) electrons. The van der Waals surface area contributed by atoms with Crippen LogP contribution < -0.4 is 5.32 Å². The van der Waals surface area contributed by atoms with Crippen molar-refractivity contribution in [3.8, 4) is 0 Å². The smallest absolute Gasteiger partial charge is 0.407 e. The minimum Gasteiger partial charge on any atom is -0.465 e. The van der Waals surface area contributed by atoms with Gasteiger partial charge in [-0.15, -0.1) is 0 Å². The Labute approximate surface area is 70.4 Å². The second-order valence-corrected chi connectivity index (χ2v) is 2.81. The Kier molecular flexibility index (Phi) is 3.28. The maximum absolute atomic E-state index is 11.9. The van der Waals surface area contributed by atoms with Crippen LogP contribution in [0.5, 0.6) is 0 Å². The van der Waals surface area contributed by atoms with Crippen LogP contribution in [0.15, 0.2) is 0 Å². The molecular formula is C7H13FN2O2. The number of carboxylic acid groups (broad SMARTS) is 1. The van der Waals surface area contributed by atoms with Gasteiger partial charge in [0.25, 0.3) is 0 Å². The van der Waals surface area contributed by atoms with Crippen molar-refractivity contribution in [2.45, 2.75) is 12.5 Å². The number of nitrogens with one attached hydrogen (secondary N) is 1. The predicted molar refractivity (Wildman–Crippen MR) is 42.0 cm³/mol. The Bertz CT molecular complexity index is 159. The fourth-order valence-corrected chi connectivity index (χ4v) is 1.43. The van der Waals surface area contributed by atoms with E-state index in [1.165, 1.54) is 4.90 Å². The molecule has 70 valence electrons. The predicted octanol–water partition coefficient (Wildman–Crippen LogP) is 0.298. The summed E-state index contributed by atoms with van der Waals surface area (Å²) in [6, 6.07) is -0.0433. The van der Waals surface area contributed by atoms with Crippen molar-refractivity contribution >= 4 is 6.09 Å². The van der Waals surface area contributed by atoms with Gasteiger partial charge in [0.2, 0.25) is 0 Å². The fraction of sp³-hybridized carbons (Fsp3) is 0.857. The summed E-state index contributed by atoms with van der Waals surface area (Å²) in [6.07, 6.45) is -0.242. The molecule has 1 aliphatic heterocycles. The van der Waals surface area contributed by atoms with Gasteiger partial charge in [-0.3, -0.25) is 0 Å². The molecule has 5 heteroatoms. The zero-order valence-electron chi connectivity index (χ0n) is 6.79. The molecule has 1 fully saturated rings. The first-order valence-corrected chi connectivity index (χ1v) is 4.02. The molecule has 0 aliphatic carbocycles. The highest BCUT2D eigenvalue weighted by molar-refractivity contribution is 5.65. The van der Waals surface area contributed by atoms with Gasteiger partial charge in [-0.25, -0.2) is 9.18 Å². The molecule has 0 aromatic heterocycles. The van der Waals surface area contributed by atoms with Crippen LogP contribution in [0.2, 0.25) is 0 Å². The first-order chi connectivity index (χ1) is 5.75. The number of hydrogen-bond acceptors (Lipinski definition) is 2. The third kappa shape index (κ3) is 2.07. The van der Waals surface area contributed by atoms with E-state index in [1.54, 1.807) is 0 Å². The van der Waals surface area contributed by atoms with E-state index in [1.807, 2.05) is 0 Å². The van der Waals surface area contributed by atoms with Crippen molar-refractivity contribution in [3.63, 3.8) is 0 Å². The summed E-state index contributed by atoms with van der Waals surface area (Å²) < 4.78 is 11.9. The molecule has 0 saturated carbocycles. The number of rotatable bonds is 3. The van der Waals surface area contributed by atoms with Crippen molar-refractivity contribution in [3.05, 3.63) is 0 Å². The van der Waals surface area contributed by atoms with Gasteiger partial charge in [-0.1, -0.05) is 0 Å². The molecule has 2 N–H and O–H groups in total. The van der Waals surface area contributed by atoms with Gasteiger partial charge in [0.05, 0.1) is 6.54 Å². The molecule has 0 unspecified atom stereocenters. The maximum atomic E-state index is 11.9. The van der Waals surface area contributed by atoms with Crippen LogP contribution in [-0.4, -0.2) is 48.5 Å². The van der Waals surface area contributed by atoms with Gasteiger partial charge in [-0.2, -0.15) is 0 Å². The Balaban J connectivity index is 2.45. The summed E-state index contributed by atoms with van der Waals surface area (Å²) in [5.41, 5.74) is 0. The molecule has 0 spiro atoms. The van der Waals surface area contributed by atoms with E-state index < -0.39 is 12.8 Å². The molecule has 1 atom stereocenters. The molecule has 0 aromatic carbocycles. The van der Waals surface area contributed by atoms with Crippen LogP contribution >= 0.6 is 0 Å². The minimum atomic E-state index is -1.03. The number of hydrogen-bond donors (Lipinski definition) is 2. The average Bonchev–Trinajstić information content (AvgIpc) is 2.51. The van der Waals surface area contributed by atoms with E-state index in [0.717, 1.165) is 13.0 Å². The third-order valence-electron chi connectivity index (χ3n) is 2.05. The van der Waals surface area contributed by atoms with Crippen molar-refractivity contribution in [1.82, 2.24) is 10.2 Å². The SMILES string of the molecule is O=C(O)N(CCF)[C@H]1CCNC1. The van der Waals surface area contributed by atoms with Crippen molar-refractivity contribution in [1.29, 1.82) is 0 Å². The zero-order chi connectivity index (χ0) is 8.97. The Morgan fingerprint density at radius 2 is 2.50 bits per heavy atom. The summed E-state index contributed by atoms with van der Waals surface area (Å²) in [5, 5.41) is 11.7. The van der Waals surface area contributed by atoms with Crippen LogP contribution in [0.25, 0.3) is 0 Å². The van der Waals surface area contributed by atoms with Crippen molar-refractivity contribution < 1.29 is 14.3 Å². The Hall–Kier alpha value is -0.840. The molecule has 1 saturated heterocycles. The molecule has 1 aliphatic rings. The number of nitrogens with zero attached hydrogens (tertiary/aromatic N) is 1. The number of carbonyl (C=O) groups is 1. The van der Waals surface area contributed by atoms with Crippen molar-refractivity contribution in [2.24, 2.45) is 0 Å². The zero-order valence-corrected chi connectivity index (χ0v) is 6.79. The molecule has 1 rings (SSSR count). The quantitative estimate of drug-likeness (QED) is 0.650. The second-order valence-electron chi connectivity index (χ2n) is 2.81. The van der Waals surface area contributed by atoms with Gasteiger partial charge in [-0.05, 0) is 13.0 Å². The molecular weight excluding hydrogens is 163 g/mol. The summed E-state index contributed by atoms with van der Waals surface area (Å²) in [5.74, 6) is 0. The fourth-order valence-electron chi connectivity index (χ4n) is 1.43. The monoisotopic (exact) mass is 176 g/mol. The van der Waals surface area contributed by atoms with E-state index >= 15 is 0 Å². The highest BCUT2D eigenvalue weighted by atomic mass is 19.1. The lowest BCUT2D eigenvalue weighted by Crippen LogP contribution is -2.41. The Morgan fingerprint density at radius 3 is 2.92 bits per heavy atom. The van der Waals surface area contributed by atoms with E-state index in [9.17, 15) is 9.18 Å². The normalized spacial score (nSPS) is 22.6.